The Hall–Kier alpha value is -2.47. The maximum Gasteiger partial charge on any atom is 0.242 e. The summed E-state index contributed by atoms with van der Waals surface area (Å²) < 4.78 is 5.30. The molecule has 0 saturated heterocycles. The first kappa shape index (κ1) is 23.8. The Labute approximate surface area is 184 Å². The van der Waals surface area contributed by atoms with Gasteiger partial charge in [0, 0.05) is 18.0 Å². The third kappa shape index (κ3) is 7.41. The minimum Gasteiger partial charge on any atom is -0.497 e. The summed E-state index contributed by atoms with van der Waals surface area (Å²) in [6.07, 6.45) is 1.93. The summed E-state index contributed by atoms with van der Waals surface area (Å²) in [4.78, 5) is 28.5. The van der Waals surface area contributed by atoms with E-state index in [0.29, 0.717) is 13.1 Å². The van der Waals surface area contributed by atoms with Crippen LogP contribution < -0.4 is 10.1 Å². The van der Waals surface area contributed by atoms with Crippen molar-refractivity contribution in [2.75, 3.05) is 19.4 Å². The zero-order valence-electron chi connectivity index (χ0n) is 18.3. The summed E-state index contributed by atoms with van der Waals surface area (Å²) in [7, 11) is 1.62. The second kappa shape index (κ2) is 12.3. The number of thioether (sulfide) groups is 1. The van der Waals surface area contributed by atoms with Crippen LogP contribution in [0.1, 0.15) is 37.8 Å². The smallest absolute Gasteiger partial charge is 0.242 e. The summed E-state index contributed by atoms with van der Waals surface area (Å²) in [5.41, 5.74) is 2.11. The van der Waals surface area contributed by atoms with Gasteiger partial charge in [-0.1, -0.05) is 43.2 Å². The van der Waals surface area contributed by atoms with Gasteiger partial charge in [-0.3, -0.25) is 9.59 Å². The Morgan fingerprint density at radius 1 is 1.17 bits per heavy atom. The summed E-state index contributed by atoms with van der Waals surface area (Å²) in [5, 5.41) is 2.94. The van der Waals surface area contributed by atoms with Gasteiger partial charge in [-0.2, -0.15) is 0 Å². The molecule has 0 heterocycles. The zero-order valence-corrected chi connectivity index (χ0v) is 19.1. The van der Waals surface area contributed by atoms with E-state index >= 15 is 0 Å². The SMILES string of the molecule is CCCCNC(=O)[C@H](C)N(Cc1cccc(OC)c1)C(=O)CSc1ccc(C)cc1. The number of amides is 2. The summed E-state index contributed by atoms with van der Waals surface area (Å²) >= 11 is 1.49. The molecule has 2 aromatic carbocycles. The molecule has 0 bridgehead atoms. The van der Waals surface area contributed by atoms with E-state index in [4.69, 9.17) is 4.74 Å². The number of carbonyl (C=O) groups excluding carboxylic acids is 2. The van der Waals surface area contributed by atoms with Crippen molar-refractivity contribution < 1.29 is 14.3 Å². The molecule has 0 aliphatic rings. The number of ether oxygens (including phenoxy) is 1. The normalized spacial score (nSPS) is 11.6. The van der Waals surface area contributed by atoms with E-state index in [-0.39, 0.29) is 17.6 Å². The second-order valence-electron chi connectivity index (χ2n) is 7.30. The van der Waals surface area contributed by atoms with Crippen LogP contribution in [0.3, 0.4) is 0 Å². The number of benzene rings is 2. The van der Waals surface area contributed by atoms with Crippen LogP contribution in [0.2, 0.25) is 0 Å². The molecule has 5 nitrogen and oxygen atoms in total. The Morgan fingerprint density at radius 2 is 1.90 bits per heavy atom. The van der Waals surface area contributed by atoms with Crippen molar-refractivity contribution in [3.05, 3.63) is 59.7 Å². The van der Waals surface area contributed by atoms with Gasteiger partial charge in [0.05, 0.1) is 12.9 Å². The number of rotatable bonds is 11. The van der Waals surface area contributed by atoms with Crippen molar-refractivity contribution in [1.82, 2.24) is 10.2 Å². The average Bonchev–Trinajstić information content (AvgIpc) is 2.76. The predicted octanol–water partition coefficient (Wildman–Crippen LogP) is 4.43. The van der Waals surface area contributed by atoms with E-state index in [1.54, 1.807) is 18.9 Å². The quantitative estimate of drug-likeness (QED) is 0.425. The lowest BCUT2D eigenvalue weighted by Crippen LogP contribution is -2.48. The van der Waals surface area contributed by atoms with E-state index in [0.717, 1.165) is 29.1 Å². The fourth-order valence-corrected chi connectivity index (χ4v) is 3.73. The molecule has 2 amide bonds. The lowest BCUT2D eigenvalue weighted by Gasteiger charge is -2.29. The molecule has 2 aromatic rings. The second-order valence-corrected chi connectivity index (χ2v) is 8.34. The highest BCUT2D eigenvalue weighted by Crippen LogP contribution is 2.21. The summed E-state index contributed by atoms with van der Waals surface area (Å²) in [6.45, 7) is 6.88. The molecule has 2 rings (SSSR count). The monoisotopic (exact) mass is 428 g/mol. The van der Waals surface area contributed by atoms with Gasteiger partial charge in [-0.15, -0.1) is 11.8 Å². The van der Waals surface area contributed by atoms with Gasteiger partial charge in [0.1, 0.15) is 11.8 Å². The number of hydrogen-bond acceptors (Lipinski definition) is 4. The van der Waals surface area contributed by atoms with Crippen molar-refractivity contribution in [2.45, 2.75) is 51.1 Å². The van der Waals surface area contributed by atoms with Crippen LogP contribution in [0.25, 0.3) is 0 Å². The molecule has 6 heteroatoms. The van der Waals surface area contributed by atoms with Crippen LogP contribution >= 0.6 is 11.8 Å². The Kier molecular flexibility index (Phi) is 9.74. The summed E-state index contributed by atoms with van der Waals surface area (Å²) in [6, 6.07) is 15.1. The highest BCUT2D eigenvalue weighted by Gasteiger charge is 2.26. The van der Waals surface area contributed by atoms with Crippen molar-refractivity contribution in [1.29, 1.82) is 0 Å². The van der Waals surface area contributed by atoms with Gasteiger partial charge in [-0.05, 0) is 50.1 Å². The zero-order chi connectivity index (χ0) is 21.9. The van der Waals surface area contributed by atoms with Gasteiger partial charge < -0.3 is 15.0 Å². The van der Waals surface area contributed by atoms with E-state index in [1.165, 1.54) is 17.3 Å². The lowest BCUT2D eigenvalue weighted by molar-refractivity contribution is -0.138. The standard InChI is InChI=1S/C24H32N2O3S/c1-5-6-14-25-24(28)19(3)26(16-20-8-7-9-21(15-20)29-4)23(27)17-30-22-12-10-18(2)11-13-22/h7-13,15,19H,5-6,14,16-17H2,1-4H3,(H,25,28)/t19-/m0/s1. The van der Waals surface area contributed by atoms with Gasteiger partial charge in [0.15, 0.2) is 0 Å². The molecule has 0 radical (unpaired) electrons. The Bertz CT molecular complexity index is 823. The minimum atomic E-state index is -0.556. The number of hydrogen-bond donors (Lipinski definition) is 1. The number of aryl methyl sites for hydroxylation is 1. The maximum absolute atomic E-state index is 13.1. The molecule has 0 aliphatic carbocycles. The highest BCUT2D eigenvalue weighted by molar-refractivity contribution is 8.00. The topological polar surface area (TPSA) is 58.6 Å². The molecule has 0 unspecified atom stereocenters. The fourth-order valence-electron chi connectivity index (χ4n) is 2.95. The fraction of sp³-hybridized carbons (Fsp3) is 0.417. The van der Waals surface area contributed by atoms with Crippen molar-refractivity contribution in [2.24, 2.45) is 0 Å². The van der Waals surface area contributed by atoms with Crippen molar-refractivity contribution in [3.63, 3.8) is 0 Å². The first-order chi connectivity index (χ1) is 14.4. The molecular weight excluding hydrogens is 396 g/mol. The van der Waals surface area contributed by atoms with Gasteiger partial charge in [0.25, 0.3) is 0 Å². The van der Waals surface area contributed by atoms with Crippen LogP contribution in [-0.4, -0.2) is 42.2 Å². The number of nitrogens with zero attached hydrogens (tertiary/aromatic N) is 1. The number of unbranched alkanes of at least 4 members (excludes halogenated alkanes) is 1. The average molecular weight is 429 g/mol. The van der Waals surface area contributed by atoms with Crippen LogP contribution in [0.15, 0.2) is 53.4 Å². The van der Waals surface area contributed by atoms with Crippen LogP contribution in [-0.2, 0) is 16.1 Å². The summed E-state index contributed by atoms with van der Waals surface area (Å²) in [5.74, 6) is 0.815. The van der Waals surface area contributed by atoms with Crippen molar-refractivity contribution >= 4 is 23.6 Å². The highest BCUT2D eigenvalue weighted by atomic mass is 32.2. The predicted molar refractivity (Wildman–Crippen MR) is 123 cm³/mol. The number of nitrogens with one attached hydrogen (secondary N) is 1. The minimum absolute atomic E-state index is 0.0680. The van der Waals surface area contributed by atoms with Crippen LogP contribution in [0.4, 0.5) is 0 Å². The van der Waals surface area contributed by atoms with Gasteiger partial charge in [0.2, 0.25) is 11.8 Å². The molecular formula is C24H32N2O3S. The van der Waals surface area contributed by atoms with Crippen LogP contribution in [0.5, 0.6) is 5.75 Å². The molecule has 0 fully saturated rings. The van der Waals surface area contributed by atoms with Crippen LogP contribution in [0, 0.1) is 6.92 Å². The molecule has 162 valence electrons. The first-order valence-corrected chi connectivity index (χ1v) is 11.3. The van der Waals surface area contributed by atoms with E-state index in [9.17, 15) is 9.59 Å². The molecule has 0 saturated carbocycles. The first-order valence-electron chi connectivity index (χ1n) is 10.3. The van der Waals surface area contributed by atoms with Gasteiger partial charge in [-0.25, -0.2) is 0 Å². The largest absolute Gasteiger partial charge is 0.497 e. The molecule has 0 spiro atoms. The number of carbonyl (C=O) groups is 2. The van der Waals surface area contributed by atoms with Crippen molar-refractivity contribution in [3.8, 4) is 5.75 Å². The van der Waals surface area contributed by atoms with E-state index < -0.39 is 6.04 Å². The molecule has 0 aliphatic heterocycles. The third-order valence-electron chi connectivity index (χ3n) is 4.87. The molecule has 1 atom stereocenters. The molecule has 30 heavy (non-hydrogen) atoms. The number of methoxy groups -OCH3 is 1. The molecule has 1 N–H and O–H groups in total. The van der Waals surface area contributed by atoms with Gasteiger partial charge >= 0.3 is 0 Å². The van der Waals surface area contributed by atoms with E-state index in [1.807, 2.05) is 55.5 Å². The third-order valence-corrected chi connectivity index (χ3v) is 5.86. The Balaban J connectivity index is 2.12. The maximum atomic E-state index is 13.1. The lowest BCUT2D eigenvalue weighted by atomic mass is 10.1. The van der Waals surface area contributed by atoms with E-state index in [2.05, 4.69) is 12.2 Å². The Morgan fingerprint density at radius 3 is 2.57 bits per heavy atom. The molecule has 0 aromatic heterocycles.